The highest BCUT2D eigenvalue weighted by atomic mass is 16.2. The molecular formula is C12H20N4O. The summed E-state index contributed by atoms with van der Waals surface area (Å²) in [6.45, 7) is 4.27. The predicted octanol–water partition coefficient (Wildman–Crippen LogP) is 0.661. The van der Waals surface area contributed by atoms with Crippen LogP contribution in [0.15, 0.2) is 12.5 Å². The normalized spacial score (nSPS) is 14.9. The van der Waals surface area contributed by atoms with E-state index in [1.54, 1.807) is 6.33 Å². The van der Waals surface area contributed by atoms with Crippen LogP contribution in [0.2, 0.25) is 0 Å². The summed E-state index contributed by atoms with van der Waals surface area (Å²) in [6, 6.07) is 0.428. The van der Waals surface area contributed by atoms with E-state index in [0.717, 1.165) is 38.0 Å². The molecule has 0 radical (unpaired) electrons. The number of carbonyl (C=O) groups excluding carboxylic acids is 1. The van der Waals surface area contributed by atoms with E-state index < -0.39 is 0 Å². The van der Waals surface area contributed by atoms with Gasteiger partial charge in [-0.25, -0.2) is 4.98 Å². The van der Waals surface area contributed by atoms with E-state index in [1.165, 1.54) is 0 Å². The Hall–Kier alpha value is -1.36. The molecular weight excluding hydrogens is 216 g/mol. The molecule has 1 aromatic heterocycles. The van der Waals surface area contributed by atoms with Crippen LogP contribution in [-0.4, -0.2) is 28.0 Å². The quantitative estimate of drug-likeness (QED) is 0.684. The number of hydrogen-bond acceptors (Lipinski definition) is 3. The summed E-state index contributed by atoms with van der Waals surface area (Å²) in [5.41, 5.74) is 0.984. The summed E-state index contributed by atoms with van der Waals surface area (Å²) in [7, 11) is 0. The second-order valence-electron chi connectivity index (χ2n) is 4.56. The number of hydrogen-bond donors (Lipinski definition) is 2. The molecule has 0 bridgehead atoms. The second kappa shape index (κ2) is 5.82. The Morgan fingerprint density at radius 3 is 3.12 bits per heavy atom. The zero-order valence-electron chi connectivity index (χ0n) is 10.3. The van der Waals surface area contributed by atoms with Crippen molar-refractivity contribution in [3.8, 4) is 0 Å². The first-order valence-corrected chi connectivity index (χ1v) is 6.28. The maximum Gasteiger partial charge on any atom is 0.240 e. The van der Waals surface area contributed by atoms with E-state index in [-0.39, 0.29) is 5.91 Å². The van der Waals surface area contributed by atoms with Gasteiger partial charge in [-0.15, -0.1) is 0 Å². The predicted molar refractivity (Wildman–Crippen MR) is 65.4 cm³/mol. The third-order valence-electron chi connectivity index (χ3n) is 2.69. The molecule has 1 aliphatic rings. The third-order valence-corrected chi connectivity index (χ3v) is 2.69. The lowest BCUT2D eigenvalue weighted by Crippen LogP contribution is -2.28. The average Bonchev–Trinajstić information content (AvgIpc) is 2.99. The van der Waals surface area contributed by atoms with Crippen molar-refractivity contribution in [1.82, 2.24) is 20.2 Å². The van der Waals surface area contributed by atoms with Gasteiger partial charge in [0.25, 0.3) is 0 Å². The van der Waals surface area contributed by atoms with Gasteiger partial charge < -0.3 is 15.2 Å². The Kier molecular flexibility index (Phi) is 4.14. The van der Waals surface area contributed by atoms with Gasteiger partial charge in [0.1, 0.15) is 6.54 Å². The molecule has 5 nitrogen and oxygen atoms in total. The molecule has 0 spiro atoms. The molecule has 0 aromatic carbocycles. The van der Waals surface area contributed by atoms with E-state index in [2.05, 4.69) is 22.5 Å². The molecule has 2 N–H and O–H groups in total. The lowest BCUT2D eigenvalue weighted by Gasteiger charge is -2.03. The van der Waals surface area contributed by atoms with Crippen LogP contribution in [-0.2, 0) is 17.9 Å². The Morgan fingerprint density at radius 2 is 2.41 bits per heavy atom. The van der Waals surface area contributed by atoms with E-state index in [9.17, 15) is 4.79 Å². The number of nitrogens with zero attached hydrogens (tertiary/aromatic N) is 2. The Labute approximate surface area is 102 Å². The monoisotopic (exact) mass is 236 g/mol. The van der Waals surface area contributed by atoms with Gasteiger partial charge in [0.2, 0.25) is 5.91 Å². The van der Waals surface area contributed by atoms with Crippen molar-refractivity contribution in [1.29, 1.82) is 0 Å². The van der Waals surface area contributed by atoms with Gasteiger partial charge in [0.05, 0.1) is 12.0 Å². The van der Waals surface area contributed by atoms with Crippen LogP contribution >= 0.6 is 0 Å². The number of carbonyl (C=O) groups is 1. The van der Waals surface area contributed by atoms with Crippen LogP contribution in [0, 0.1) is 0 Å². The molecule has 1 aliphatic carbocycles. The first kappa shape index (κ1) is 12.1. The van der Waals surface area contributed by atoms with Gasteiger partial charge in [-0.05, 0) is 25.8 Å². The number of amides is 1. The van der Waals surface area contributed by atoms with Crippen molar-refractivity contribution in [3.05, 3.63) is 18.2 Å². The summed E-state index contributed by atoms with van der Waals surface area (Å²) in [4.78, 5) is 15.8. The van der Waals surface area contributed by atoms with E-state index in [1.807, 2.05) is 10.8 Å². The Morgan fingerprint density at radius 1 is 1.59 bits per heavy atom. The number of rotatable bonds is 7. The summed E-state index contributed by atoms with van der Waals surface area (Å²) in [6.07, 6.45) is 7.01. The molecule has 5 heteroatoms. The van der Waals surface area contributed by atoms with Crippen LogP contribution in [0.5, 0.6) is 0 Å². The van der Waals surface area contributed by atoms with Crippen molar-refractivity contribution >= 4 is 5.91 Å². The van der Waals surface area contributed by atoms with E-state index >= 15 is 0 Å². The van der Waals surface area contributed by atoms with Crippen LogP contribution in [0.1, 0.15) is 31.9 Å². The van der Waals surface area contributed by atoms with Crippen molar-refractivity contribution in [2.24, 2.45) is 0 Å². The summed E-state index contributed by atoms with van der Waals surface area (Å²) in [5, 5.41) is 6.24. The molecule has 2 rings (SSSR count). The van der Waals surface area contributed by atoms with Gasteiger partial charge in [-0.3, -0.25) is 4.79 Å². The van der Waals surface area contributed by atoms with E-state index in [0.29, 0.717) is 12.6 Å². The zero-order chi connectivity index (χ0) is 12.1. The van der Waals surface area contributed by atoms with Crippen LogP contribution in [0.3, 0.4) is 0 Å². The SMILES string of the molecule is CCCNCc1cn(CC(=O)NC2CC2)cn1. The first-order valence-electron chi connectivity index (χ1n) is 6.28. The Bertz CT molecular complexity index is 370. The summed E-state index contributed by atoms with van der Waals surface area (Å²) in [5.74, 6) is 0.0815. The fourth-order valence-corrected chi connectivity index (χ4v) is 1.64. The largest absolute Gasteiger partial charge is 0.352 e. The molecule has 1 amide bonds. The standard InChI is InChI=1S/C12H20N4O/c1-2-5-13-6-11-7-16(9-14-11)8-12(17)15-10-3-4-10/h7,9-10,13H,2-6,8H2,1H3,(H,15,17). The fraction of sp³-hybridized carbons (Fsp3) is 0.667. The molecule has 0 aliphatic heterocycles. The maximum atomic E-state index is 11.6. The Balaban J connectivity index is 1.74. The number of nitrogens with one attached hydrogen (secondary N) is 2. The van der Waals surface area contributed by atoms with Crippen LogP contribution < -0.4 is 10.6 Å². The molecule has 94 valence electrons. The summed E-state index contributed by atoms with van der Waals surface area (Å²) < 4.78 is 1.83. The minimum atomic E-state index is 0.0815. The van der Waals surface area contributed by atoms with Crippen molar-refractivity contribution in [3.63, 3.8) is 0 Å². The van der Waals surface area contributed by atoms with Crippen LogP contribution in [0.25, 0.3) is 0 Å². The first-order chi connectivity index (χ1) is 8.28. The lowest BCUT2D eigenvalue weighted by atomic mass is 10.4. The zero-order valence-corrected chi connectivity index (χ0v) is 10.3. The van der Waals surface area contributed by atoms with Gasteiger partial charge in [0, 0.05) is 18.8 Å². The number of imidazole rings is 1. The molecule has 1 aromatic rings. The van der Waals surface area contributed by atoms with Crippen LogP contribution in [0.4, 0.5) is 0 Å². The molecule has 1 saturated carbocycles. The highest BCUT2D eigenvalue weighted by molar-refractivity contribution is 5.76. The summed E-state index contributed by atoms with van der Waals surface area (Å²) >= 11 is 0. The molecule has 0 saturated heterocycles. The van der Waals surface area contributed by atoms with Gasteiger partial charge in [-0.1, -0.05) is 6.92 Å². The minimum Gasteiger partial charge on any atom is -0.352 e. The van der Waals surface area contributed by atoms with Crippen molar-refractivity contribution < 1.29 is 4.79 Å². The lowest BCUT2D eigenvalue weighted by molar-refractivity contribution is -0.121. The van der Waals surface area contributed by atoms with E-state index in [4.69, 9.17) is 0 Å². The smallest absolute Gasteiger partial charge is 0.240 e. The molecule has 17 heavy (non-hydrogen) atoms. The molecule has 1 heterocycles. The highest BCUT2D eigenvalue weighted by Gasteiger charge is 2.23. The maximum absolute atomic E-state index is 11.6. The van der Waals surface area contributed by atoms with Gasteiger partial charge >= 0.3 is 0 Å². The molecule has 1 fully saturated rings. The van der Waals surface area contributed by atoms with Crippen molar-refractivity contribution in [2.45, 2.75) is 45.3 Å². The fourth-order valence-electron chi connectivity index (χ4n) is 1.64. The third kappa shape index (κ3) is 4.19. The minimum absolute atomic E-state index is 0.0815. The second-order valence-corrected chi connectivity index (χ2v) is 4.56. The van der Waals surface area contributed by atoms with Crippen molar-refractivity contribution in [2.75, 3.05) is 6.54 Å². The molecule has 0 atom stereocenters. The van der Waals surface area contributed by atoms with Gasteiger partial charge in [0.15, 0.2) is 0 Å². The topological polar surface area (TPSA) is 59.0 Å². The number of aromatic nitrogens is 2. The average molecular weight is 236 g/mol. The van der Waals surface area contributed by atoms with Gasteiger partial charge in [-0.2, -0.15) is 0 Å². The molecule has 0 unspecified atom stereocenters. The highest BCUT2D eigenvalue weighted by Crippen LogP contribution is 2.18.